The van der Waals surface area contributed by atoms with Crippen LogP contribution in [0.5, 0.6) is 0 Å². The first-order chi connectivity index (χ1) is 8.79. The number of benzene rings is 1. The van der Waals surface area contributed by atoms with Crippen LogP contribution in [0.1, 0.15) is 50.5 Å². The molecule has 0 aliphatic heterocycles. The molecule has 0 spiro atoms. The van der Waals surface area contributed by atoms with Crippen LogP contribution in [0.2, 0.25) is 0 Å². The Morgan fingerprint density at radius 2 is 2.06 bits per heavy atom. The predicted molar refractivity (Wildman–Crippen MR) is 72.4 cm³/mol. The first-order valence-corrected chi connectivity index (χ1v) is 7.00. The third-order valence-corrected chi connectivity index (χ3v) is 3.81. The van der Waals surface area contributed by atoms with E-state index in [1.54, 1.807) is 0 Å². The summed E-state index contributed by atoms with van der Waals surface area (Å²) in [6, 6.07) is 10.7. The molecule has 0 aromatic heterocycles. The molecule has 1 aromatic rings. The van der Waals surface area contributed by atoms with Crippen LogP contribution in [0.3, 0.4) is 0 Å². The second kappa shape index (κ2) is 6.58. The summed E-state index contributed by atoms with van der Waals surface area (Å²) >= 11 is 0. The molecule has 0 radical (unpaired) electrons. The summed E-state index contributed by atoms with van der Waals surface area (Å²) in [5, 5.41) is 0. The van der Waals surface area contributed by atoms with Crippen molar-refractivity contribution in [2.45, 2.75) is 44.9 Å². The van der Waals surface area contributed by atoms with Crippen molar-refractivity contribution < 1.29 is 9.53 Å². The molecule has 0 unspecified atom stereocenters. The van der Waals surface area contributed by atoms with Gasteiger partial charge in [0.2, 0.25) is 0 Å². The van der Waals surface area contributed by atoms with Crippen molar-refractivity contribution in [1.82, 2.24) is 0 Å². The van der Waals surface area contributed by atoms with Crippen LogP contribution in [-0.2, 0) is 9.53 Å². The lowest BCUT2D eigenvalue weighted by Crippen LogP contribution is -2.18. The molecular weight excluding hydrogens is 224 g/mol. The molecular formula is C16H22O2. The van der Waals surface area contributed by atoms with Crippen LogP contribution in [0.15, 0.2) is 30.3 Å². The van der Waals surface area contributed by atoms with Crippen LogP contribution < -0.4 is 0 Å². The third kappa shape index (κ3) is 3.59. The average Bonchev–Trinajstić information content (AvgIpc) is 2.40. The molecule has 1 aromatic carbocycles. The fraction of sp³-hybridized carbons (Fsp3) is 0.562. The van der Waals surface area contributed by atoms with Gasteiger partial charge in [0.05, 0.1) is 6.61 Å². The fourth-order valence-electron chi connectivity index (χ4n) is 2.96. The summed E-state index contributed by atoms with van der Waals surface area (Å²) in [6.45, 7) is 2.36. The number of esters is 1. The van der Waals surface area contributed by atoms with E-state index in [9.17, 15) is 4.79 Å². The van der Waals surface area contributed by atoms with Gasteiger partial charge in [0.1, 0.15) is 0 Å². The van der Waals surface area contributed by atoms with Gasteiger partial charge in [-0.1, -0.05) is 36.8 Å². The van der Waals surface area contributed by atoms with E-state index >= 15 is 0 Å². The van der Waals surface area contributed by atoms with Crippen molar-refractivity contribution in [1.29, 1.82) is 0 Å². The molecule has 1 aliphatic carbocycles. The topological polar surface area (TPSA) is 26.3 Å². The molecule has 98 valence electrons. The number of carbonyl (C=O) groups excluding carboxylic acids is 1. The smallest absolute Gasteiger partial charge is 0.306 e. The van der Waals surface area contributed by atoms with Gasteiger partial charge in [-0.15, -0.1) is 0 Å². The average molecular weight is 246 g/mol. The van der Waals surface area contributed by atoms with E-state index in [0.717, 1.165) is 6.42 Å². The van der Waals surface area contributed by atoms with Crippen molar-refractivity contribution in [3.05, 3.63) is 35.9 Å². The normalized spacial score (nSPS) is 23.6. The van der Waals surface area contributed by atoms with Gasteiger partial charge in [-0.3, -0.25) is 4.79 Å². The minimum atomic E-state index is -0.0313. The lowest BCUT2D eigenvalue weighted by molar-refractivity contribution is -0.144. The molecule has 0 N–H and O–H groups in total. The van der Waals surface area contributed by atoms with Gasteiger partial charge >= 0.3 is 5.97 Å². The minimum Gasteiger partial charge on any atom is -0.466 e. The number of carbonyl (C=O) groups is 1. The van der Waals surface area contributed by atoms with Crippen LogP contribution in [0, 0.1) is 5.92 Å². The van der Waals surface area contributed by atoms with E-state index in [4.69, 9.17) is 4.74 Å². The van der Waals surface area contributed by atoms with E-state index in [2.05, 4.69) is 30.3 Å². The number of ether oxygens (including phenoxy) is 1. The standard InChI is InChI=1S/C16H22O2/c1-2-18-16(17)12-13-7-6-10-15(11-13)14-8-4-3-5-9-14/h3-5,8-9,13,15H,2,6-7,10-12H2,1H3/t13-,15+/m1/s1. The summed E-state index contributed by atoms with van der Waals surface area (Å²) in [5.41, 5.74) is 1.42. The largest absolute Gasteiger partial charge is 0.466 e. The first-order valence-electron chi connectivity index (χ1n) is 7.00. The molecule has 2 atom stereocenters. The van der Waals surface area contributed by atoms with Gasteiger partial charge in [-0.25, -0.2) is 0 Å². The summed E-state index contributed by atoms with van der Waals surface area (Å²) in [5.74, 6) is 1.10. The molecule has 0 heterocycles. The molecule has 2 nitrogen and oxygen atoms in total. The van der Waals surface area contributed by atoms with Gasteiger partial charge in [-0.2, -0.15) is 0 Å². The van der Waals surface area contributed by atoms with Gasteiger partial charge in [0.15, 0.2) is 0 Å². The maximum Gasteiger partial charge on any atom is 0.306 e. The molecule has 2 rings (SSSR count). The Bertz CT molecular complexity index is 372. The maximum absolute atomic E-state index is 11.5. The van der Waals surface area contributed by atoms with Gasteiger partial charge in [0.25, 0.3) is 0 Å². The van der Waals surface area contributed by atoms with E-state index < -0.39 is 0 Å². The molecule has 1 saturated carbocycles. The Morgan fingerprint density at radius 1 is 1.28 bits per heavy atom. The molecule has 0 saturated heterocycles. The maximum atomic E-state index is 11.5. The summed E-state index contributed by atoms with van der Waals surface area (Å²) in [7, 11) is 0. The second-order valence-corrected chi connectivity index (χ2v) is 5.15. The van der Waals surface area contributed by atoms with Crippen molar-refractivity contribution in [2.24, 2.45) is 5.92 Å². The molecule has 1 aliphatic rings. The lowest BCUT2D eigenvalue weighted by atomic mass is 9.77. The van der Waals surface area contributed by atoms with Crippen molar-refractivity contribution >= 4 is 5.97 Å². The van der Waals surface area contributed by atoms with Crippen LogP contribution in [-0.4, -0.2) is 12.6 Å². The first kappa shape index (κ1) is 13.1. The summed E-state index contributed by atoms with van der Waals surface area (Å²) < 4.78 is 5.05. The number of rotatable bonds is 4. The fourth-order valence-corrected chi connectivity index (χ4v) is 2.96. The minimum absolute atomic E-state index is 0.0313. The Morgan fingerprint density at radius 3 is 2.78 bits per heavy atom. The Kier molecular flexibility index (Phi) is 4.80. The highest BCUT2D eigenvalue weighted by atomic mass is 16.5. The Hall–Kier alpha value is -1.31. The second-order valence-electron chi connectivity index (χ2n) is 5.15. The molecule has 1 fully saturated rings. The van der Waals surface area contributed by atoms with Crippen LogP contribution in [0.4, 0.5) is 0 Å². The molecule has 0 bridgehead atoms. The zero-order valence-corrected chi connectivity index (χ0v) is 11.1. The highest BCUT2D eigenvalue weighted by Crippen LogP contribution is 2.37. The predicted octanol–water partition coefficient (Wildman–Crippen LogP) is 3.91. The molecule has 0 amide bonds. The quantitative estimate of drug-likeness (QED) is 0.753. The highest BCUT2D eigenvalue weighted by molar-refractivity contribution is 5.69. The van der Waals surface area contributed by atoms with E-state index in [0.29, 0.717) is 24.9 Å². The van der Waals surface area contributed by atoms with Gasteiger partial charge in [-0.05, 0) is 43.6 Å². The summed E-state index contributed by atoms with van der Waals surface area (Å²) in [4.78, 5) is 11.5. The number of hydrogen-bond donors (Lipinski definition) is 0. The third-order valence-electron chi connectivity index (χ3n) is 3.81. The Balaban J connectivity index is 1.91. The molecule has 18 heavy (non-hydrogen) atoms. The van der Waals surface area contributed by atoms with E-state index in [1.807, 2.05) is 6.92 Å². The SMILES string of the molecule is CCOC(=O)C[C@@H]1CCC[C@H](c2ccccc2)C1. The monoisotopic (exact) mass is 246 g/mol. The number of hydrogen-bond acceptors (Lipinski definition) is 2. The van der Waals surface area contributed by atoms with Gasteiger partial charge < -0.3 is 4.74 Å². The van der Waals surface area contributed by atoms with Crippen molar-refractivity contribution in [3.63, 3.8) is 0 Å². The zero-order chi connectivity index (χ0) is 12.8. The van der Waals surface area contributed by atoms with Crippen LogP contribution >= 0.6 is 0 Å². The zero-order valence-electron chi connectivity index (χ0n) is 11.1. The van der Waals surface area contributed by atoms with E-state index in [-0.39, 0.29) is 5.97 Å². The Labute approximate surface area is 109 Å². The van der Waals surface area contributed by atoms with Gasteiger partial charge in [0, 0.05) is 6.42 Å². The summed E-state index contributed by atoms with van der Waals surface area (Å²) in [6.07, 6.45) is 5.37. The highest BCUT2D eigenvalue weighted by Gasteiger charge is 2.25. The molecule has 2 heteroatoms. The van der Waals surface area contributed by atoms with Crippen molar-refractivity contribution in [2.75, 3.05) is 6.61 Å². The lowest BCUT2D eigenvalue weighted by Gasteiger charge is -2.28. The van der Waals surface area contributed by atoms with E-state index in [1.165, 1.54) is 24.8 Å². The van der Waals surface area contributed by atoms with Crippen molar-refractivity contribution in [3.8, 4) is 0 Å². The van der Waals surface area contributed by atoms with Crippen LogP contribution in [0.25, 0.3) is 0 Å².